The van der Waals surface area contributed by atoms with Crippen molar-refractivity contribution in [3.63, 3.8) is 0 Å². The van der Waals surface area contributed by atoms with Gasteiger partial charge in [-0.3, -0.25) is 9.10 Å². The highest BCUT2D eigenvalue weighted by Crippen LogP contribution is 2.24. The Labute approximate surface area is 163 Å². The van der Waals surface area contributed by atoms with Crippen LogP contribution in [0.2, 0.25) is 0 Å². The fraction of sp³-hybridized carbons (Fsp3) is 0.0952. The van der Waals surface area contributed by atoms with Gasteiger partial charge in [0.15, 0.2) is 0 Å². The van der Waals surface area contributed by atoms with Crippen molar-refractivity contribution >= 4 is 27.3 Å². The molecule has 7 heteroatoms. The van der Waals surface area contributed by atoms with Gasteiger partial charge >= 0.3 is 0 Å². The third-order valence-electron chi connectivity index (χ3n) is 4.24. The standard InChI is InChI=1S/C21H19FN2O3S/c1-23(18-8-4-2-5-9-18)21(25)16-24(19-10-6-3-7-11-19)28(26,27)20-14-12-17(22)13-15-20/h2-15H,16H2,1H3. The van der Waals surface area contributed by atoms with Crippen LogP contribution in [-0.2, 0) is 14.8 Å². The van der Waals surface area contributed by atoms with Crippen LogP contribution in [-0.4, -0.2) is 27.9 Å². The van der Waals surface area contributed by atoms with Gasteiger partial charge in [-0.1, -0.05) is 36.4 Å². The van der Waals surface area contributed by atoms with Crippen molar-refractivity contribution < 1.29 is 17.6 Å². The summed E-state index contributed by atoms with van der Waals surface area (Å²) in [5, 5.41) is 0. The maximum absolute atomic E-state index is 13.2. The lowest BCUT2D eigenvalue weighted by Gasteiger charge is -2.26. The van der Waals surface area contributed by atoms with Crippen molar-refractivity contribution in [2.75, 3.05) is 22.8 Å². The Bertz CT molecular complexity index is 1040. The van der Waals surface area contributed by atoms with E-state index in [0.29, 0.717) is 11.4 Å². The number of hydrogen-bond acceptors (Lipinski definition) is 3. The van der Waals surface area contributed by atoms with Gasteiger partial charge < -0.3 is 4.90 Å². The van der Waals surface area contributed by atoms with E-state index in [1.165, 1.54) is 17.0 Å². The van der Waals surface area contributed by atoms with E-state index in [0.717, 1.165) is 16.4 Å². The first-order chi connectivity index (χ1) is 13.4. The molecule has 3 rings (SSSR count). The SMILES string of the molecule is CN(C(=O)CN(c1ccccc1)S(=O)(=O)c1ccc(F)cc1)c1ccccc1. The smallest absolute Gasteiger partial charge is 0.264 e. The number of likely N-dealkylation sites (N-methyl/N-ethyl adjacent to an activating group) is 1. The van der Waals surface area contributed by atoms with Gasteiger partial charge in [-0.15, -0.1) is 0 Å². The lowest BCUT2D eigenvalue weighted by atomic mass is 10.3. The quantitative estimate of drug-likeness (QED) is 0.636. The van der Waals surface area contributed by atoms with Crippen molar-refractivity contribution in [1.82, 2.24) is 0 Å². The Morgan fingerprint density at radius 1 is 0.821 bits per heavy atom. The van der Waals surface area contributed by atoms with E-state index >= 15 is 0 Å². The van der Waals surface area contributed by atoms with E-state index in [1.54, 1.807) is 61.6 Å². The lowest BCUT2D eigenvalue weighted by molar-refractivity contribution is -0.116. The molecule has 5 nitrogen and oxygen atoms in total. The molecule has 3 aromatic rings. The van der Waals surface area contributed by atoms with Crippen molar-refractivity contribution in [3.8, 4) is 0 Å². The summed E-state index contributed by atoms with van der Waals surface area (Å²) < 4.78 is 40.6. The molecule has 0 atom stereocenters. The Kier molecular flexibility index (Phi) is 5.75. The van der Waals surface area contributed by atoms with Gasteiger partial charge in [0.25, 0.3) is 10.0 Å². The molecule has 0 aromatic heterocycles. The minimum atomic E-state index is -4.06. The number of hydrogen-bond donors (Lipinski definition) is 0. The molecule has 0 fully saturated rings. The third-order valence-corrected chi connectivity index (χ3v) is 6.03. The second kappa shape index (κ2) is 8.22. The number of sulfonamides is 1. The predicted octanol–water partition coefficient (Wildman–Crippen LogP) is 3.68. The molecule has 0 aliphatic rings. The number of anilines is 2. The van der Waals surface area contributed by atoms with Gasteiger partial charge in [-0.05, 0) is 48.5 Å². The van der Waals surface area contributed by atoms with E-state index in [4.69, 9.17) is 0 Å². The maximum Gasteiger partial charge on any atom is 0.264 e. The van der Waals surface area contributed by atoms with Gasteiger partial charge in [0.2, 0.25) is 5.91 Å². The van der Waals surface area contributed by atoms with Crippen molar-refractivity contribution in [1.29, 1.82) is 0 Å². The largest absolute Gasteiger partial charge is 0.314 e. The van der Waals surface area contributed by atoms with Crippen LogP contribution in [0.3, 0.4) is 0 Å². The number of amides is 1. The van der Waals surface area contributed by atoms with Crippen LogP contribution in [0, 0.1) is 5.82 Å². The molecule has 0 aliphatic carbocycles. The summed E-state index contributed by atoms with van der Waals surface area (Å²) in [4.78, 5) is 14.1. The summed E-state index contributed by atoms with van der Waals surface area (Å²) in [7, 11) is -2.47. The van der Waals surface area contributed by atoms with Crippen molar-refractivity contribution in [3.05, 3.63) is 90.7 Å². The third kappa shape index (κ3) is 4.20. The highest BCUT2D eigenvalue weighted by Gasteiger charge is 2.28. The summed E-state index contributed by atoms with van der Waals surface area (Å²) in [6, 6.07) is 21.8. The fourth-order valence-electron chi connectivity index (χ4n) is 2.67. The summed E-state index contributed by atoms with van der Waals surface area (Å²) in [6.07, 6.45) is 0. The first kappa shape index (κ1) is 19.6. The number of carbonyl (C=O) groups excluding carboxylic acids is 1. The molecule has 1 amide bonds. The van der Waals surface area contributed by atoms with Gasteiger partial charge in [0.1, 0.15) is 12.4 Å². The number of benzene rings is 3. The Morgan fingerprint density at radius 2 is 1.32 bits per heavy atom. The van der Waals surface area contributed by atoms with Crippen LogP contribution >= 0.6 is 0 Å². The Morgan fingerprint density at radius 3 is 1.86 bits per heavy atom. The van der Waals surface area contributed by atoms with Crippen LogP contribution in [0.25, 0.3) is 0 Å². The van der Waals surface area contributed by atoms with Crippen LogP contribution in [0.5, 0.6) is 0 Å². The average Bonchev–Trinajstić information content (AvgIpc) is 2.72. The first-order valence-corrected chi connectivity index (χ1v) is 9.98. The van der Waals surface area contributed by atoms with Crippen molar-refractivity contribution in [2.45, 2.75) is 4.90 Å². The number of carbonyl (C=O) groups is 1. The minimum absolute atomic E-state index is 0.0899. The summed E-state index contributed by atoms with van der Waals surface area (Å²) in [5.41, 5.74) is 1.00. The molecule has 0 spiro atoms. The number of para-hydroxylation sites is 2. The fourth-order valence-corrected chi connectivity index (χ4v) is 4.08. The van der Waals surface area contributed by atoms with Crippen LogP contribution in [0.15, 0.2) is 89.8 Å². The number of halogens is 1. The van der Waals surface area contributed by atoms with E-state index in [-0.39, 0.29) is 4.90 Å². The monoisotopic (exact) mass is 398 g/mol. The maximum atomic E-state index is 13.2. The van der Waals surface area contributed by atoms with E-state index < -0.39 is 28.3 Å². The average molecular weight is 398 g/mol. The molecular formula is C21H19FN2O3S. The normalized spacial score (nSPS) is 11.1. The highest BCUT2D eigenvalue weighted by atomic mass is 32.2. The molecule has 0 heterocycles. The Balaban J connectivity index is 1.96. The zero-order valence-corrected chi connectivity index (χ0v) is 16.0. The van der Waals surface area contributed by atoms with Crippen LogP contribution < -0.4 is 9.21 Å². The van der Waals surface area contributed by atoms with Gasteiger partial charge in [0, 0.05) is 12.7 Å². The zero-order chi connectivity index (χ0) is 20.1. The summed E-state index contributed by atoms with van der Waals surface area (Å²) in [5.74, 6) is -0.939. The molecule has 0 aliphatic heterocycles. The van der Waals surface area contributed by atoms with Gasteiger partial charge in [0.05, 0.1) is 10.6 Å². The van der Waals surface area contributed by atoms with E-state index in [2.05, 4.69) is 0 Å². The lowest BCUT2D eigenvalue weighted by Crippen LogP contribution is -2.41. The minimum Gasteiger partial charge on any atom is -0.314 e. The first-order valence-electron chi connectivity index (χ1n) is 8.54. The second-order valence-corrected chi connectivity index (χ2v) is 7.95. The number of rotatable bonds is 6. The summed E-state index contributed by atoms with van der Waals surface area (Å²) in [6.45, 7) is -0.394. The molecular weight excluding hydrogens is 379 g/mol. The molecule has 0 bridgehead atoms. The second-order valence-electron chi connectivity index (χ2n) is 6.09. The van der Waals surface area contributed by atoms with E-state index in [9.17, 15) is 17.6 Å². The topological polar surface area (TPSA) is 57.7 Å². The van der Waals surface area contributed by atoms with E-state index in [1.807, 2.05) is 6.07 Å². The van der Waals surface area contributed by atoms with Gasteiger partial charge in [-0.2, -0.15) is 0 Å². The molecule has 0 saturated heterocycles. The molecule has 0 N–H and O–H groups in total. The molecule has 3 aromatic carbocycles. The summed E-state index contributed by atoms with van der Waals surface area (Å²) >= 11 is 0. The van der Waals surface area contributed by atoms with Crippen LogP contribution in [0.4, 0.5) is 15.8 Å². The zero-order valence-electron chi connectivity index (χ0n) is 15.2. The molecule has 28 heavy (non-hydrogen) atoms. The van der Waals surface area contributed by atoms with Crippen molar-refractivity contribution in [2.24, 2.45) is 0 Å². The molecule has 0 radical (unpaired) electrons. The van der Waals surface area contributed by atoms with Crippen LogP contribution in [0.1, 0.15) is 0 Å². The molecule has 144 valence electrons. The molecule has 0 unspecified atom stereocenters. The predicted molar refractivity (Wildman–Crippen MR) is 107 cm³/mol. The van der Waals surface area contributed by atoms with Gasteiger partial charge in [-0.25, -0.2) is 12.8 Å². The highest BCUT2D eigenvalue weighted by molar-refractivity contribution is 7.92. The molecule has 0 saturated carbocycles. The Hall–Kier alpha value is -3.19. The number of nitrogens with zero attached hydrogens (tertiary/aromatic N) is 2.